The maximum absolute atomic E-state index is 12.6. The second-order valence-electron chi connectivity index (χ2n) is 6.46. The molecule has 1 amide bonds. The summed E-state index contributed by atoms with van der Waals surface area (Å²) in [5, 5.41) is 7.29. The predicted octanol–water partition coefficient (Wildman–Crippen LogP) is 4.64. The summed E-state index contributed by atoms with van der Waals surface area (Å²) < 4.78 is 2.02. The number of aromatic nitrogens is 2. The quantitative estimate of drug-likeness (QED) is 0.846. The van der Waals surface area contributed by atoms with Crippen LogP contribution in [0, 0.1) is 6.92 Å². The Balaban J connectivity index is 1.72. The van der Waals surface area contributed by atoms with E-state index in [1.807, 2.05) is 26.1 Å². The number of benzene rings is 1. The smallest absolute Gasteiger partial charge is 0.259 e. The number of amides is 1. The van der Waals surface area contributed by atoms with Crippen LogP contribution in [-0.4, -0.2) is 15.7 Å². The SMILES string of the molecule is Cc1nn(C)cc1C(=O)Nc1cccc2c1C1CCC2C1=C(Cl)Cl. The summed E-state index contributed by atoms with van der Waals surface area (Å²) in [6, 6.07) is 6.04. The van der Waals surface area contributed by atoms with Gasteiger partial charge < -0.3 is 5.32 Å². The molecule has 0 aliphatic heterocycles. The molecular weight excluding hydrogens is 345 g/mol. The molecule has 2 unspecified atom stereocenters. The van der Waals surface area contributed by atoms with E-state index >= 15 is 0 Å². The number of hydrogen-bond donors (Lipinski definition) is 1. The largest absolute Gasteiger partial charge is 0.322 e. The molecule has 24 heavy (non-hydrogen) atoms. The summed E-state index contributed by atoms with van der Waals surface area (Å²) in [5.74, 6) is 0.354. The van der Waals surface area contributed by atoms with Gasteiger partial charge in [-0.2, -0.15) is 5.10 Å². The molecule has 1 N–H and O–H groups in total. The van der Waals surface area contributed by atoms with Gasteiger partial charge in [0.2, 0.25) is 0 Å². The zero-order valence-corrected chi connectivity index (χ0v) is 14.9. The van der Waals surface area contributed by atoms with E-state index in [0.29, 0.717) is 15.7 Å². The lowest BCUT2D eigenvalue weighted by molar-refractivity contribution is 0.102. The van der Waals surface area contributed by atoms with Gasteiger partial charge in [0.25, 0.3) is 5.91 Å². The molecule has 124 valence electrons. The molecule has 0 saturated heterocycles. The van der Waals surface area contributed by atoms with Crippen molar-refractivity contribution in [1.29, 1.82) is 0 Å². The van der Waals surface area contributed by atoms with E-state index in [0.717, 1.165) is 29.7 Å². The molecule has 1 aromatic heterocycles. The maximum atomic E-state index is 12.6. The van der Waals surface area contributed by atoms with Gasteiger partial charge in [-0.1, -0.05) is 35.3 Å². The summed E-state index contributed by atoms with van der Waals surface area (Å²) in [7, 11) is 1.81. The van der Waals surface area contributed by atoms with Crippen LogP contribution in [-0.2, 0) is 7.05 Å². The molecule has 1 saturated carbocycles. The summed E-state index contributed by atoms with van der Waals surface area (Å²) in [6.45, 7) is 1.83. The molecule has 0 radical (unpaired) electrons. The van der Waals surface area contributed by atoms with Crippen LogP contribution in [0.4, 0.5) is 5.69 Å². The average molecular weight is 362 g/mol. The van der Waals surface area contributed by atoms with E-state index in [2.05, 4.69) is 16.5 Å². The summed E-state index contributed by atoms with van der Waals surface area (Å²) >= 11 is 12.3. The number of carbonyl (C=O) groups is 1. The number of carbonyl (C=O) groups excluding carboxylic acids is 1. The highest BCUT2D eigenvalue weighted by atomic mass is 35.5. The highest BCUT2D eigenvalue weighted by Crippen LogP contribution is 2.60. The number of anilines is 1. The molecule has 6 heteroatoms. The number of nitrogens with one attached hydrogen (secondary N) is 1. The van der Waals surface area contributed by atoms with Crippen LogP contribution in [0.15, 0.2) is 34.5 Å². The molecule has 2 aliphatic rings. The first kappa shape index (κ1) is 15.7. The Morgan fingerprint density at radius 1 is 1.29 bits per heavy atom. The van der Waals surface area contributed by atoms with Crippen molar-refractivity contribution in [2.45, 2.75) is 31.6 Å². The normalized spacial score (nSPS) is 21.1. The van der Waals surface area contributed by atoms with E-state index in [9.17, 15) is 4.79 Å². The number of aryl methyl sites for hydroxylation is 2. The highest BCUT2D eigenvalue weighted by molar-refractivity contribution is 6.56. The van der Waals surface area contributed by atoms with Crippen LogP contribution in [0.5, 0.6) is 0 Å². The molecule has 1 heterocycles. The van der Waals surface area contributed by atoms with Gasteiger partial charge in [-0.25, -0.2) is 0 Å². The minimum atomic E-state index is -0.140. The van der Waals surface area contributed by atoms with E-state index in [1.165, 1.54) is 5.56 Å². The molecule has 2 atom stereocenters. The zero-order valence-electron chi connectivity index (χ0n) is 13.4. The summed E-state index contributed by atoms with van der Waals surface area (Å²) in [6.07, 6.45) is 3.82. The molecule has 1 fully saturated rings. The fraction of sp³-hybridized carbons (Fsp3) is 0.333. The van der Waals surface area contributed by atoms with E-state index in [-0.39, 0.29) is 17.7 Å². The first-order chi connectivity index (χ1) is 11.5. The fourth-order valence-electron chi connectivity index (χ4n) is 4.17. The van der Waals surface area contributed by atoms with Crippen molar-refractivity contribution in [2.24, 2.45) is 7.05 Å². The van der Waals surface area contributed by atoms with Crippen molar-refractivity contribution in [3.05, 3.63) is 56.8 Å². The molecule has 0 spiro atoms. The van der Waals surface area contributed by atoms with Crippen LogP contribution in [0.3, 0.4) is 0 Å². The van der Waals surface area contributed by atoms with Gasteiger partial charge in [0.05, 0.1) is 11.3 Å². The Hall–Kier alpha value is -1.78. The second kappa shape index (κ2) is 5.64. The highest BCUT2D eigenvalue weighted by Gasteiger charge is 2.44. The Bertz CT molecular complexity index is 880. The minimum absolute atomic E-state index is 0.140. The lowest BCUT2D eigenvalue weighted by Gasteiger charge is -2.18. The monoisotopic (exact) mass is 361 g/mol. The van der Waals surface area contributed by atoms with Crippen LogP contribution >= 0.6 is 23.2 Å². The van der Waals surface area contributed by atoms with Crippen molar-refractivity contribution in [3.8, 4) is 0 Å². The standard InChI is InChI=1S/C18H17Cl2N3O/c1-9-13(8-23(2)22-9)18(24)21-14-5-3-4-10-11-6-7-12(15(10)14)16(11)17(19)20/h3-5,8,11-12H,6-7H2,1-2H3,(H,21,24). The molecule has 2 aromatic rings. The number of rotatable bonds is 2. The molecule has 2 bridgehead atoms. The molecular formula is C18H17Cl2N3O. The van der Waals surface area contributed by atoms with Crippen molar-refractivity contribution in [2.75, 3.05) is 5.32 Å². The van der Waals surface area contributed by atoms with Gasteiger partial charge in [-0.3, -0.25) is 9.48 Å². The maximum Gasteiger partial charge on any atom is 0.259 e. The van der Waals surface area contributed by atoms with Crippen molar-refractivity contribution in [1.82, 2.24) is 9.78 Å². The minimum Gasteiger partial charge on any atom is -0.322 e. The molecule has 4 rings (SSSR count). The fourth-order valence-corrected chi connectivity index (χ4v) is 4.70. The van der Waals surface area contributed by atoms with Gasteiger partial charge in [0.15, 0.2) is 0 Å². The van der Waals surface area contributed by atoms with Crippen molar-refractivity contribution < 1.29 is 4.79 Å². The summed E-state index contributed by atoms with van der Waals surface area (Å²) in [5.41, 5.74) is 5.66. The Labute approximate surface area is 150 Å². The first-order valence-corrected chi connectivity index (χ1v) is 8.72. The number of nitrogens with zero attached hydrogens (tertiary/aromatic N) is 2. The third kappa shape index (κ3) is 2.28. The topological polar surface area (TPSA) is 46.9 Å². The number of fused-ring (bicyclic) bond motifs is 5. The van der Waals surface area contributed by atoms with Gasteiger partial charge in [-0.05, 0) is 42.5 Å². The van der Waals surface area contributed by atoms with E-state index < -0.39 is 0 Å². The van der Waals surface area contributed by atoms with Crippen LogP contribution in [0.25, 0.3) is 0 Å². The lowest BCUT2D eigenvalue weighted by Crippen LogP contribution is -2.15. The first-order valence-electron chi connectivity index (χ1n) is 7.96. The summed E-state index contributed by atoms with van der Waals surface area (Å²) in [4.78, 5) is 12.6. The molecule has 1 aromatic carbocycles. The third-order valence-corrected chi connectivity index (χ3v) is 5.52. The van der Waals surface area contributed by atoms with Gasteiger partial charge in [-0.15, -0.1) is 0 Å². The van der Waals surface area contributed by atoms with Crippen molar-refractivity contribution >= 4 is 34.8 Å². The van der Waals surface area contributed by atoms with Crippen LogP contribution in [0.1, 0.15) is 51.9 Å². The van der Waals surface area contributed by atoms with E-state index in [1.54, 1.807) is 10.9 Å². The predicted molar refractivity (Wildman–Crippen MR) is 95.8 cm³/mol. The van der Waals surface area contributed by atoms with Gasteiger partial charge >= 0.3 is 0 Å². The van der Waals surface area contributed by atoms with Crippen molar-refractivity contribution in [3.63, 3.8) is 0 Å². The van der Waals surface area contributed by atoms with Crippen LogP contribution in [0.2, 0.25) is 0 Å². The molecule has 4 nitrogen and oxygen atoms in total. The zero-order chi connectivity index (χ0) is 17.0. The Morgan fingerprint density at radius 2 is 2.04 bits per heavy atom. The average Bonchev–Trinajstić information content (AvgIpc) is 3.19. The molecule has 2 aliphatic carbocycles. The second-order valence-corrected chi connectivity index (χ2v) is 7.41. The number of hydrogen-bond acceptors (Lipinski definition) is 2. The Morgan fingerprint density at radius 3 is 2.71 bits per heavy atom. The Kier molecular flexibility index (Phi) is 3.70. The van der Waals surface area contributed by atoms with Gasteiger partial charge in [0.1, 0.15) is 4.49 Å². The lowest BCUT2D eigenvalue weighted by atomic mass is 9.90. The van der Waals surface area contributed by atoms with Crippen LogP contribution < -0.4 is 5.32 Å². The van der Waals surface area contributed by atoms with E-state index in [4.69, 9.17) is 23.2 Å². The third-order valence-electron chi connectivity index (χ3n) is 5.08. The number of allylic oxidation sites excluding steroid dienone is 1. The number of halogens is 2. The van der Waals surface area contributed by atoms with Gasteiger partial charge in [0, 0.05) is 30.8 Å².